The predicted octanol–water partition coefficient (Wildman–Crippen LogP) is 13.0. The summed E-state index contributed by atoms with van der Waals surface area (Å²) < 4.78 is 0.873. The van der Waals surface area contributed by atoms with Crippen LogP contribution < -0.4 is 5.48 Å². The van der Waals surface area contributed by atoms with E-state index >= 15 is 0 Å². The Bertz CT molecular complexity index is 544. The van der Waals surface area contributed by atoms with E-state index in [1.54, 1.807) is 5.48 Å². The monoisotopic (exact) mass is 613 g/mol. The molecule has 0 aromatic rings. The minimum absolute atomic E-state index is 0.256. The molecule has 0 atom stereocenters. The van der Waals surface area contributed by atoms with Gasteiger partial charge >= 0.3 is 0 Å². The van der Waals surface area contributed by atoms with Crippen LogP contribution in [-0.2, 0) is 4.79 Å². The van der Waals surface area contributed by atoms with E-state index in [9.17, 15) is 4.79 Å². The summed E-state index contributed by atoms with van der Waals surface area (Å²) in [6.07, 6.45) is 45.8. The summed E-state index contributed by atoms with van der Waals surface area (Å²) in [4.78, 5) is 10.9. The molecule has 0 rings (SSSR count). The van der Waals surface area contributed by atoms with E-state index in [4.69, 9.17) is 17.4 Å². The quantitative estimate of drug-likeness (QED) is 0.0219. The van der Waals surface area contributed by atoms with E-state index in [1.165, 1.54) is 193 Å². The van der Waals surface area contributed by atoms with Crippen LogP contribution in [0.2, 0.25) is 0 Å². The lowest BCUT2D eigenvalue weighted by Crippen LogP contribution is -2.17. The highest BCUT2D eigenvalue weighted by Crippen LogP contribution is 2.17. The molecule has 0 radical (unpaired) electrons. The number of thiol groups is 1. The topological polar surface area (TPSA) is 49.3 Å². The molecule has 0 saturated carbocycles. The Labute approximate surface area is 267 Å². The third-order valence-corrected chi connectivity index (χ3v) is 9.10. The predicted molar refractivity (Wildman–Crippen MR) is 188 cm³/mol. The molecule has 0 aromatic carbocycles. The molecule has 0 aliphatic rings. The van der Waals surface area contributed by atoms with Crippen LogP contribution in [0, 0.1) is 0 Å². The van der Waals surface area contributed by atoms with Gasteiger partial charge in [-0.2, -0.15) is 0 Å². The van der Waals surface area contributed by atoms with Gasteiger partial charge in [0.25, 0.3) is 0 Å². The van der Waals surface area contributed by atoms with Gasteiger partial charge in [0.2, 0.25) is 5.91 Å². The van der Waals surface area contributed by atoms with Crippen molar-refractivity contribution >= 4 is 35.0 Å². The van der Waals surface area contributed by atoms with E-state index in [0.29, 0.717) is 6.42 Å². The fourth-order valence-electron chi connectivity index (χ4n) is 5.92. The van der Waals surface area contributed by atoms with Crippen molar-refractivity contribution in [2.75, 3.05) is 0 Å². The highest BCUT2D eigenvalue weighted by Gasteiger charge is 1.99. The van der Waals surface area contributed by atoms with Gasteiger partial charge in [0, 0.05) is 10.6 Å². The lowest BCUT2D eigenvalue weighted by Gasteiger charge is -2.05. The summed E-state index contributed by atoms with van der Waals surface area (Å²) in [5.74, 6) is -0.256. The molecule has 41 heavy (non-hydrogen) atoms. The van der Waals surface area contributed by atoms with Crippen molar-refractivity contribution in [3.8, 4) is 0 Å². The average Bonchev–Trinajstić information content (AvgIpc) is 2.97. The first-order valence-corrected chi connectivity index (χ1v) is 19.2. The van der Waals surface area contributed by atoms with Crippen LogP contribution in [0.4, 0.5) is 0 Å². The van der Waals surface area contributed by atoms with E-state index in [1.807, 2.05) is 0 Å². The summed E-state index contributed by atoms with van der Waals surface area (Å²) in [6.45, 7) is 0. The van der Waals surface area contributed by atoms with Crippen molar-refractivity contribution < 1.29 is 10.0 Å². The molecular formula is C36H71NO2S2. The SMILES string of the molecule is O=C(CCCCCCCCCCCCCCCCCCCCCCCCCCCCCCCCCCC(=S)S)NO. The Kier molecular flexibility index (Phi) is 35.9. The molecule has 5 heteroatoms. The first-order valence-electron chi connectivity index (χ1n) is 18.3. The standard InChI is InChI=1S/C36H71NO2S2/c38-35(37-39)33-31-29-27-25-23-21-19-17-15-13-11-9-7-5-3-1-2-4-6-8-10-12-14-16-18-20-22-24-26-28-30-32-34-36(40)41/h39H,1-34H2,(H,37,38)(H,40,41). The Balaban J connectivity index is 3.05. The van der Waals surface area contributed by atoms with Gasteiger partial charge in [-0.3, -0.25) is 10.0 Å². The van der Waals surface area contributed by atoms with E-state index in [2.05, 4.69) is 12.6 Å². The van der Waals surface area contributed by atoms with Gasteiger partial charge in [-0.05, 0) is 19.3 Å². The van der Waals surface area contributed by atoms with Gasteiger partial charge < -0.3 is 0 Å². The van der Waals surface area contributed by atoms with Gasteiger partial charge in [-0.15, -0.1) is 12.6 Å². The van der Waals surface area contributed by atoms with Crippen LogP contribution >= 0.6 is 24.8 Å². The zero-order chi connectivity index (χ0) is 29.9. The van der Waals surface area contributed by atoms with Crippen molar-refractivity contribution in [1.82, 2.24) is 5.48 Å². The highest BCUT2D eigenvalue weighted by atomic mass is 32.1. The van der Waals surface area contributed by atoms with Gasteiger partial charge in [-0.1, -0.05) is 205 Å². The molecule has 0 aromatic heterocycles. The van der Waals surface area contributed by atoms with Gasteiger partial charge in [0.05, 0.1) is 0 Å². The summed E-state index contributed by atoms with van der Waals surface area (Å²) in [6, 6.07) is 0. The zero-order valence-corrected chi connectivity index (χ0v) is 29.0. The minimum Gasteiger partial charge on any atom is -0.289 e. The maximum atomic E-state index is 10.9. The van der Waals surface area contributed by atoms with Gasteiger partial charge in [0.1, 0.15) is 0 Å². The fraction of sp³-hybridized carbons (Fsp3) is 0.944. The van der Waals surface area contributed by atoms with Crippen LogP contribution in [0.25, 0.3) is 0 Å². The van der Waals surface area contributed by atoms with Crippen LogP contribution in [0.5, 0.6) is 0 Å². The number of carbonyl (C=O) groups is 1. The lowest BCUT2D eigenvalue weighted by atomic mass is 10.0. The normalized spacial score (nSPS) is 11.3. The smallest absolute Gasteiger partial charge is 0.243 e. The first kappa shape index (κ1) is 40.9. The molecule has 0 bridgehead atoms. The van der Waals surface area contributed by atoms with Gasteiger partial charge in [0.15, 0.2) is 0 Å². The van der Waals surface area contributed by atoms with Crippen molar-refractivity contribution in [2.24, 2.45) is 0 Å². The first-order chi connectivity index (χ1) is 20.2. The van der Waals surface area contributed by atoms with Crippen molar-refractivity contribution in [3.63, 3.8) is 0 Å². The number of hydrogen-bond acceptors (Lipinski definition) is 3. The molecule has 1 amide bonds. The fourth-order valence-corrected chi connectivity index (χ4v) is 6.22. The second-order valence-corrected chi connectivity index (χ2v) is 14.1. The highest BCUT2D eigenvalue weighted by molar-refractivity contribution is 8.11. The third-order valence-electron chi connectivity index (χ3n) is 8.67. The minimum atomic E-state index is -0.256. The van der Waals surface area contributed by atoms with Crippen molar-refractivity contribution in [2.45, 2.75) is 218 Å². The Morgan fingerprint density at radius 2 is 0.561 bits per heavy atom. The number of hydrogen-bond donors (Lipinski definition) is 3. The second-order valence-electron chi connectivity index (χ2n) is 12.7. The molecule has 0 aliphatic heterocycles. The van der Waals surface area contributed by atoms with Crippen molar-refractivity contribution in [3.05, 3.63) is 0 Å². The van der Waals surface area contributed by atoms with E-state index in [-0.39, 0.29) is 5.91 Å². The Hall–Kier alpha value is -0.130. The van der Waals surface area contributed by atoms with Crippen LogP contribution in [0.1, 0.15) is 218 Å². The Morgan fingerprint density at radius 1 is 0.390 bits per heavy atom. The molecule has 0 aliphatic carbocycles. The number of thiocarbonyl (C=S) groups is 1. The van der Waals surface area contributed by atoms with Crippen molar-refractivity contribution in [1.29, 1.82) is 0 Å². The summed E-state index contributed by atoms with van der Waals surface area (Å²) in [5.41, 5.74) is 1.70. The van der Waals surface area contributed by atoms with Crippen LogP contribution in [-0.4, -0.2) is 15.3 Å². The second kappa shape index (κ2) is 36.1. The molecule has 3 nitrogen and oxygen atoms in total. The molecule has 244 valence electrons. The largest absolute Gasteiger partial charge is 0.289 e. The number of nitrogens with one attached hydrogen (secondary N) is 1. The lowest BCUT2D eigenvalue weighted by molar-refractivity contribution is -0.129. The maximum absolute atomic E-state index is 10.9. The molecule has 0 spiro atoms. The van der Waals surface area contributed by atoms with Crippen LogP contribution in [0.15, 0.2) is 0 Å². The molecule has 0 fully saturated rings. The molecule has 0 heterocycles. The Morgan fingerprint density at radius 3 is 0.732 bits per heavy atom. The zero-order valence-electron chi connectivity index (χ0n) is 27.3. The molecular weight excluding hydrogens is 543 g/mol. The van der Waals surface area contributed by atoms with Gasteiger partial charge in [-0.25, -0.2) is 5.48 Å². The van der Waals surface area contributed by atoms with Crippen LogP contribution in [0.3, 0.4) is 0 Å². The number of hydroxylamine groups is 1. The number of amides is 1. The summed E-state index contributed by atoms with van der Waals surface area (Å²) in [5, 5.41) is 8.46. The molecule has 0 saturated heterocycles. The maximum Gasteiger partial charge on any atom is 0.243 e. The van der Waals surface area contributed by atoms with E-state index in [0.717, 1.165) is 23.5 Å². The molecule has 2 N–H and O–H groups in total. The average molecular weight is 614 g/mol. The summed E-state index contributed by atoms with van der Waals surface area (Å²) in [7, 11) is 0. The molecule has 0 unspecified atom stereocenters. The number of carbonyl (C=O) groups excluding carboxylic acids is 1. The third kappa shape index (κ3) is 37.8. The number of unbranched alkanes of at least 4 members (excludes halogenated alkanes) is 31. The van der Waals surface area contributed by atoms with E-state index < -0.39 is 0 Å². The number of rotatable bonds is 35. The summed E-state index contributed by atoms with van der Waals surface area (Å²) >= 11 is 9.20.